The Bertz CT molecular complexity index is 652. The summed E-state index contributed by atoms with van der Waals surface area (Å²) in [4.78, 5) is 11.7. The lowest BCUT2D eigenvalue weighted by molar-refractivity contribution is 0.0598. The minimum Gasteiger partial charge on any atom is -0.490 e. The van der Waals surface area contributed by atoms with Gasteiger partial charge in [-0.15, -0.1) is 0 Å². The van der Waals surface area contributed by atoms with Crippen LogP contribution in [0.1, 0.15) is 29.0 Å². The lowest BCUT2D eigenvalue weighted by Gasteiger charge is -2.12. The van der Waals surface area contributed by atoms with E-state index in [2.05, 4.69) is 0 Å². The fraction of sp³-hybridized carbons (Fsp3) is 0.438. The Morgan fingerprint density at radius 3 is 2.95 bits per heavy atom. The number of furan rings is 1. The van der Waals surface area contributed by atoms with Crippen molar-refractivity contribution >= 4 is 16.9 Å². The van der Waals surface area contributed by atoms with Gasteiger partial charge in [0, 0.05) is 6.61 Å². The third-order valence-corrected chi connectivity index (χ3v) is 3.59. The molecule has 0 aliphatic carbocycles. The van der Waals surface area contributed by atoms with Gasteiger partial charge in [-0.1, -0.05) is 0 Å². The normalized spacial score (nSPS) is 18.1. The second kappa shape index (κ2) is 5.77. The molecule has 21 heavy (non-hydrogen) atoms. The number of carbonyl (C=O) groups is 1. The first-order valence-corrected chi connectivity index (χ1v) is 7.04. The number of hydrogen-bond acceptors (Lipinski definition) is 5. The van der Waals surface area contributed by atoms with Gasteiger partial charge in [0.25, 0.3) is 0 Å². The Morgan fingerprint density at radius 2 is 2.24 bits per heavy atom. The van der Waals surface area contributed by atoms with Gasteiger partial charge in [-0.05, 0) is 38.0 Å². The number of esters is 1. The van der Waals surface area contributed by atoms with Crippen LogP contribution in [0.2, 0.25) is 0 Å². The summed E-state index contributed by atoms with van der Waals surface area (Å²) in [7, 11) is 1.35. The molecule has 0 spiro atoms. The fourth-order valence-electron chi connectivity index (χ4n) is 2.55. The fourth-order valence-corrected chi connectivity index (χ4v) is 2.55. The summed E-state index contributed by atoms with van der Waals surface area (Å²) in [5.74, 6) is 0.988. The quantitative estimate of drug-likeness (QED) is 0.810. The van der Waals surface area contributed by atoms with Crippen molar-refractivity contribution < 1.29 is 23.4 Å². The van der Waals surface area contributed by atoms with Crippen LogP contribution in [0.25, 0.3) is 11.0 Å². The number of carbonyl (C=O) groups excluding carboxylic acids is 1. The molecule has 5 nitrogen and oxygen atoms in total. The summed E-state index contributed by atoms with van der Waals surface area (Å²) < 4.78 is 21.8. The Kier molecular flexibility index (Phi) is 3.84. The molecule has 1 aliphatic rings. The van der Waals surface area contributed by atoms with Crippen LogP contribution in [-0.2, 0) is 9.47 Å². The van der Waals surface area contributed by atoms with Gasteiger partial charge in [0.15, 0.2) is 0 Å². The van der Waals surface area contributed by atoms with Gasteiger partial charge in [0.05, 0.1) is 24.2 Å². The summed E-state index contributed by atoms with van der Waals surface area (Å²) in [5, 5.41) is 0.859. The van der Waals surface area contributed by atoms with Crippen LogP contribution in [0.5, 0.6) is 5.75 Å². The van der Waals surface area contributed by atoms with Gasteiger partial charge < -0.3 is 18.6 Å². The zero-order valence-corrected chi connectivity index (χ0v) is 12.2. The van der Waals surface area contributed by atoms with Crippen molar-refractivity contribution in [2.24, 2.45) is 0 Å². The number of aryl methyl sites for hydroxylation is 1. The van der Waals surface area contributed by atoms with Gasteiger partial charge in [0.1, 0.15) is 23.7 Å². The summed E-state index contributed by atoms with van der Waals surface area (Å²) in [5.41, 5.74) is 1.04. The molecular formula is C16H18O5. The number of rotatable bonds is 4. The summed E-state index contributed by atoms with van der Waals surface area (Å²) in [6.45, 7) is 3.13. The average Bonchev–Trinajstić information content (AvgIpc) is 3.11. The molecule has 0 amide bonds. The molecule has 0 saturated carbocycles. The zero-order valence-electron chi connectivity index (χ0n) is 12.2. The Labute approximate surface area is 122 Å². The molecule has 112 valence electrons. The summed E-state index contributed by atoms with van der Waals surface area (Å²) >= 11 is 0. The third-order valence-electron chi connectivity index (χ3n) is 3.59. The van der Waals surface area contributed by atoms with Crippen LogP contribution in [0, 0.1) is 6.92 Å². The minimum atomic E-state index is -0.409. The van der Waals surface area contributed by atoms with Gasteiger partial charge >= 0.3 is 5.97 Å². The molecule has 0 N–H and O–H groups in total. The van der Waals surface area contributed by atoms with E-state index in [1.54, 1.807) is 12.1 Å². The van der Waals surface area contributed by atoms with Crippen molar-refractivity contribution in [1.82, 2.24) is 0 Å². The van der Waals surface area contributed by atoms with E-state index in [0.29, 0.717) is 23.5 Å². The number of hydrogen-bond donors (Lipinski definition) is 0. The highest BCUT2D eigenvalue weighted by Crippen LogP contribution is 2.31. The van der Waals surface area contributed by atoms with Crippen molar-refractivity contribution in [2.75, 3.05) is 20.3 Å². The zero-order chi connectivity index (χ0) is 14.8. The minimum absolute atomic E-state index is 0.120. The van der Waals surface area contributed by atoms with Crippen LogP contribution in [0.3, 0.4) is 0 Å². The van der Waals surface area contributed by atoms with Crippen molar-refractivity contribution in [3.63, 3.8) is 0 Å². The van der Waals surface area contributed by atoms with Crippen LogP contribution < -0.4 is 4.74 Å². The Morgan fingerprint density at radius 1 is 1.38 bits per heavy atom. The molecule has 1 atom stereocenters. The van der Waals surface area contributed by atoms with Crippen molar-refractivity contribution in [3.05, 3.63) is 29.5 Å². The monoisotopic (exact) mass is 290 g/mol. The standard InChI is InChI=1S/C16H18O5/c1-10-6-13-14(20-9-12-4-3-5-19-12)7-11(16(17)18-2)8-15(13)21-10/h6-8,12H,3-5,9H2,1-2H3/t12-/m1/s1. The van der Waals surface area contributed by atoms with E-state index in [4.69, 9.17) is 18.6 Å². The Balaban J connectivity index is 1.91. The van der Waals surface area contributed by atoms with Crippen molar-refractivity contribution in [1.29, 1.82) is 0 Å². The topological polar surface area (TPSA) is 57.9 Å². The summed E-state index contributed by atoms with van der Waals surface area (Å²) in [6, 6.07) is 5.27. The van der Waals surface area contributed by atoms with E-state index in [-0.39, 0.29) is 6.10 Å². The van der Waals surface area contributed by atoms with Crippen LogP contribution in [0.4, 0.5) is 0 Å². The molecule has 1 aromatic heterocycles. The number of benzene rings is 1. The second-order valence-electron chi connectivity index (χ2n) is 5.18. The highest BCUT2D eigenvalue weighted by atomic mass is 16.5. The largest absolute Gasteiger partial charge is 0.490 e. The number of ether oxygens (including phenoxy) is 3. The first-order chi connectivity index (χ1) is 10.2. The predicted molar refractivity (Wildman–Crippen MR) is 76.8 cm³/mol. The molecule has 1 fully saturated rings. The average molecular weight is 290 g/mol. The maximum absolute atomic E-state index is 11.7. The molecule has 1 aromatic carbocycles. The first kappa shape index (κ1) is 13.9. The van der Waals surface area contributed by atoms with Crippen molar-refractivity contribution in [2.45, 2.75) is 25.9 Å². The van der Waals surface area contributed by atoms with E-state index in [1.165, 1.54) is 7.11 Å². The van der Waals surface area contributed by atoms with Gasteiger partial charge in [-0.25, -0.2) is 4.79 Å². The highest BCUT2D eigenvalue weighted by Gasteiger charge is 2.19. The van der Waals surface area contributed by atoms with E-state index < -0.39 is 5.97 Å². The molecule has 2 heterocycles. The number of fused-ring (bicyclic) bond motifs is 1. The number of methoxy groups -OCH3 is 1. The van der Waals surface area contributed by atoms with E-state index in [9.17, 15) is 4.79 Å². The lowest BCUT2D eigenvalue weighted by Crippen LogP contribution is -2.16. The van der Waals surface area contributed by atoms with E-state index in [1.807, 2.05) is 13.0 Å². The van der Waals surface area contributed by atoms with Crippen LogP contribution in [-0.4, -0.2) is 32.4 Å². The van der Waals surface area contributed by atoms with Gasteiger partial charge in [0.2, 0.25) is 0 Å². The lowest BCUT2D eigenvalue weighted by atomic mass is 10.1. The summed E-state index contributed by atoms with van der Waals surface area (Å²) in [6.07, 6.45) is 2.19. The smallest absolute Gasteiger partial charge is 0.338 e. The van der Waals surface area contributed by atoms with Crippen LogP contribution >= 0.6 is 0 Å². The SMILES string of the molecule is COC(=O)c1cc(OC[C@H]2CCCO2)c2cc(C)oc2c1. The van der Waals surface area contributed by atoms with Gasteiger partial charge in [-0.3, -0.25) is 0 Å². The third kappa shape index (κ3) is 2.88. The molecular weight excluding hydrogens is 272 g/mol. The van der Waals surface area contributed by atoms with Crippen molar-refractivity contribution in [3.8, 4) is 5.75 Å². The van der Waals surface area contributed by atoms with E-state index >= 15 is 0 Å². The molecule has 0 unspecified atom stereocenters. The molecule has 0 radical (unpaired) electrons. The highest BCUT2D eigenvalue weighted by molar-refractivity contribution is 5.96. The molecule has 0 bridgehead atoms. The molecule has 3 rings (SSSR count). The molecule has 1 aliphatic heterocycles. The second-order valence-corrected chi connectivity index (χ2v) is 5.18. The van der Waals surface area contributed by atoms with Crippen LogP contribution in [0.15, 0.2) is 22.6 Å². The van der Waals surface area contributed by atoms with E-state index in [0.717, 1.165) is 30.6 Å². The first-order valence-electron chi connectivity index (χ1n) is 7.04. The molecule has 1 saturated heterocycles. The Hall–Kier alpha value is -2.01. The maximum Gasteiger partial charge on any atom is 0.338 e. The molecule has 5 heteroatoms. The maximum atomic E-state index is 11.7. The molecule has 2 aromatic rings. The predicted octanol–water partition coefficient (Wildman–Crippen LogP) is 3.09. The van der Waals surface area contributed by atoms with Gasteiger partial charge in [-0.2, -0.15) is 0 Å².